The summed E-state index contributed by atoms with van der Waals surface area (Å²) < 4.78 is 20.3. The second kappa shape index (κ2) is 13.5. The van der Waals surface area contributed by atoms with E-state index in [4.69, 9.17) is 9.84 Å². The summed E-state index contributed by atoms with van der Waals surface area (Å²) in [6, 6.07) is 9.95. The minimum atomic E-state index is -0.624. The standard InChI is InChI=1S/C25H25FN2O4.C2H6.CH4O/c1-27-14-21(23(30)15-29)19-12-20(24(32-2)13-22(19)27)25(31)28-9-7-17(8-10-28)11-16-3-5-18(26)6-4-16;2*1-2/h3-6,12-15,17H,7-11H2,1-2H3;1-2H3;2H,1H3. The van der Waals surface area contributed by atoms with Crippen molar-refractivity contribution in [2.24, 2.45) is 13.0 Å². The molecule has 36 heavy (non-hydrogen) atoms. The molecule has 1 N–H and O–H groups in total. The molecule has 194 valence electrons. The number of ketones is 1. The number of hydrogen-bond donors (Lipinski definition) is 1. The van der Waals surface area contributed by atoms with Crippen molar-refractivity contribution in [1.82, 2.24) is 9.47 Å². The van der Waals surface area contributed by atoms with Crippen LogP contribution in [-0.4, -0.2) is 59.9 Å². The molecule has 1 amide bonds. The van der Waals surface area contributed by atoms with Crippen LogP contribution in [0, 0.1) is 11.7 Å². The molecule has 0 spiro atoms. The number of methoxy groups -OCH3 is 1. The predicted octanol–water partition coefficient (Wildman–Crippen LogP) is 4.44. The molecule has 3 aromatic rings. The molecule has 2 heterocycles. The molecule has 0 saturated carbocycles. The zero-order chi connectivity index (χ0) is 26.8. The van der Waals surface area contributed by atoms with Gasteiger partial charge in [-0.25, -0.2) is 4.39 Å². The van der Waals surface area contributed by atoms with Crippen molar-refractivity contribution >= 4 is 28.9 Å². The molecule has 1 aliphatic heterocycles. The van der Waals surface area contributed by atoms with Gasteiger partial charge in [0.05, 0.1) is 23.8 Å². The van der Waals surface area contributed by atoms with Crippen LogP contribution in [0.25, 0.3) is 10.9 Å². The van der Waals surface area contributed by atoms with Crippen LogP contribution >= 0.6 is 0 Å². The highest BCUT2D eigenvalue weighted by molar-refractivity contribution is 6.36. The summed E-state index contributed by atoms with van der Waals surface area (Å²) in [5, 5.41) is 7.56. The van der Waals surface area contributed by atoms with Gasteiger partial charge in [0, 0.05) is 44.9 Å². The van der Waals surface area contributed by atoms with E-state index in [1.54, 1.807) is 34.8 Å². The Labute approximate surface area is 211 Å². The maximum atomic E-state index is 13.3. The number of hydrogen-bond acceptors (Lipinski definition) is 5. The van der Waals surface area contributed by atoms with E-state index in [9.17, 15) is 18.8 Å². The molecular weight excluding hydrogens is 463 g/mol. The Morgan fingerprint density at radius 3 is 2.25 bits per heavy atom. The summed E-state index contributed by atoms with van der Waals surface area (Å²) in [6.07, 6.45) is 4.45. The van der Waals surface area contributed by atoms with Crippen LogP contribution in [0.1, 0.15) is 53.0 Å². The van der Waals surface area contributed by atoms with E-state index in [0.29, 0.717) is 41.2 Å². The number of piperidine rings is 1. The minimum absolute atomic E-state index is 0.155. The van der Waals surface area contributed by atoms with Gasteiger partial charge in [0.1, 0.15) is 11.6 Å². The van der Waals surface area contributed by atoms with E-state index >= 15 is 0 Å². The molecule has 0 aliphatic carbocycles. The molecule has 2 aromatic carbocycles. The quantitative estimate of drug-likeness (QED) is 0.308. The van der Waals surface area contributed by atoms with Gasteiger partial charge in [0.2, 0.25) is 5.78 Å². The third-order valence-corrected chi connectivity index (χ3v) is 6.25. The fourth-order valence-corrected chi connectivity index (χ4v) is 4.47. The Kier molecular flexibility index (Phi) is 10.8. The summed E-state index contributed by atoms with van der Waals surface area (Å²) in [6.45, 7) is 5.22. The smallest absolute Gasteiger partial charge is 0.257 e. The SMILES string of the molecule is CC.CO.COc1cc2c(cc1C(=O)N1CCC(Cc3ccc(F)cc3)CC1)c(C(=O)C=O)cn2C. The van der Waals surface area contributed by atoms with Gasteiger partial charge < -0.3 is 19.3 Å². The van der Waals surface area contributed by atoms with Gasteiger partial charge >= 0.3 is 0 Å². The van der Waals surface area contributed by atoms with E-state index in [0.717, 1.165) is 31.9 Å². The van der Waals surface area contributed by atoms with Gasteiger partial charge in [-0.05, 0) is 48.9 Å². The van der Waals surface area contributed by atoms with Crippen LogP contribution in [0.3, 0.4) is 0 Å². The molecule has 0 bridgehead atoms. The first-order valence-electron chi connectivity index (χ1n) is 12.1. The number of carbonyl (C=O) groups is 3. The molecule has 1 aromatic heterocycles. The lowest BCUT2D eigenvalue weighted by molar-refractivity contribution is -0.104. The van der Waals surface area contributed by atoms with Gasteiger partial charge in [-0.2, -0.15) is 0 Å². The molecule has 7 nitrogen and oxygen atoms in total. The number of aliphatic hydroxyl groups excluding tert-OH is 1. The van der Waals surface area contributed by atoms with Gasteiger partial charge in [-0.3, -0.25) is 14.4 Å². The van der Waals surface area contributed by atoms with E-state index in [1.807, 2.05) is 26.0 Å². The Hall–Kier alpha value is -3.52. The number of ether oxygens (including phenoxy) is 1. The molecule has 0 radical (unpaired) electrons. The lowest BCUT2D eigenvalue weighted by Crippen LogP contribution is -2.39. The number of nitrogens with zero attached hydrogens (tertiary/aromatic N) is 2. The van der Waals surface area contributed by atoms with Crippen molar-refractivity contribution in [3.05, 3.63) is 65.1 Å². The third-order valence-electron chi connectivity index (χ3n) is 6.25. The van der Waals surface area contributed by atoms with Crippen molar-refractivity contribution in [1.29, 1.82) is 0 Å². The summed E-state index contributed by atoms with van der Waals surface area (Å²) >= 11 is 0. The lowest BCUT2D eigenvalue weighted by Gasteiger charge is -2.32. The first-order valence-corrected chi connectivity index (χ1v) is 12.1. The number of amides is 1. The highest BCUT2D eigenvalue weighted by Crippen LogP contribution is 2.31. The number of likely N-dealkylation sites (tertiary alicyclic amines) is 1. The zero-order valence-electron chi connectivity index (χ0n) is 21.6. The number of aldehydes is 1. The topological polar surface area (TPSA) is 88.8 Å². The van der Waals surface area contributed by atoms with E-state index in [1.165, 1.54) is 19.2 Å². The maximum absolute atomic E-state index is 13.3. The van der Waals surface area contributed by atoms with Crippen LogP contribution in [0.5, 0.6) is 5.75 Å². The van der Waals surface area contributed by atoms with E-state index < -0.39 is 5.78 Å². The number of carbonyl (C=O) groups excluding carboxylic acids is 3. The fourth-order valence-electron chi connectivity index (χ4n) is 4.47. The second-order valence-electron chi connectivity index (χ2n) is 8.27. The predicted molar refractivity (Wildman–Crippen MR) is 138 cm³/mol. The maximum Gasteiger partial charge on any atom is 0.257 e. The Balaban J connectivity index is 0.00000109. The molecule has 8 heteroatoms. The number of rotatable bonds is 6. The van der Waals surface area contributed by atoms with Gasteiger partial charge in [0.25, 0.3) is 5.91 Å². The van der Waals surface area contributed by atoms with Crippen LogP contribution in [0.2, 0.25) is 0 Å². The number of benzene rings is 2. The Morgan fingerprint density at radius 1 is 1.08 bits per heavy atom. The Morgan fingerprint density at radius 2 is 1.69 bits per heavy atom. The Bertz CT molecular complexity index is 1180. The summed E-state index contributed by atoms with van der Waals surface area (Å²) in [7, 11) is 4.28. The first-order chi connectivity index (χ1) is 17.4. The molecule has 0 atom stereocenters. The average Bonchev–Trinajstić information content (AvgIpc) is 3.26. The normalized spacial score (nSPS) is 13.2. The molecule has 1 fully saturated rings. The number of Topliss-reactive ketones (excluding diaryl/α,β-unsaturated/α-hetero) is 1. The van der Waals surface area contributed by atoms with Gasteiger partial charge in [-0.15, -0.1) is 0 Å². The highest BCUT2D eigenvalue weighted by atomic mass is 19.1. The van der Waals surface area contributed by atoms with Crippen molar-refractivity contribution in [3.8, 4) is 5.75 Å². The zero-order valence-corrected chi connectivity index (χ0v) is 21.6. The molecule has 1 aliphatic rings. The number of halogens is 1. The molecule has 0 unspecified atom stereocenters. The summed E-state index contributed by atoms with van der Waals surface area (Å²) in [4.78, 5) is 38.2. The minimum Gasteiger partial charge on any atom is -0.496 e. The van der Waals surface area contributed by atoms with Gasteiger partial charge in [0.15, 0.2) is 6.29 Å². The van der Waals surface area contributed by atoms with Crippen molar-refractivity contribution in [2.45, 2.75) is 33.1 Å². The van der Waals surface area contributed by atoms with E-state index in [-0.39, 0.29) is 23.6 Å². The van der Waals surface area contributed by atoms with Crippen LogP contribution in [0.4, 0.5) is 4.39 Å². The fraction of sp³-hybridized carbons (Fsp3) is 0.393. The average molecular weight is 499 g/mol. The number of aliphatic hydroxyl groups is 1. The van der Waals surface area contributed by atoms with Crippen LogP contribution < -0.4 is 4.74 Å². The molecule has 1 saturated heterocycles. The number of fused-ring (bicyclic) bond motifs is 1. The van der Waals surface area contributed by atoms with Crippen molar-refractivity contribution < 1.29 is 28.6 Å². The van der Waals surface area contributed by atoms with Gasteiger partial charge in [-0.1, -0.05) is 26.0 Å². The molecular formula is C28H35FN2O5. The number of aromatic nitrogens is 1. The van der Waals surface area contributed by atoms with Crippen LogP contribution in [0.15, 0.2) is 42.6 Å². The third kappa shape index (κ3) is 6.37. The van der Waals surface area contributed by atoms with Crippen molar-refractivity contribution in [3.63, 3.8) is 0 Å². The first kappa shape index (κ1) is 28.7. The van der Waals surface area contributed by atoms with Crippen LogP contribution in [-0.2, 0) is 18.3 Å². The molecule has 4 rings (SSSR count). The summed E-state index contributed by atoms with van der Waals surface area (Å²) in [5.74, 6) is -0.156. The monoisotopic (exact) mass is 498 g/mol. The second-order valence-corrected chi connectivity index (χ2v) is 8.27. The largest absolute Gasteiger partial charge is 0.496 e. The highest BCUT2D eigenvalue weighted by Gasteiger charge is 2.27. The summed E-state index contributed by atoms with van der Waals surface area (Å²) in [5.41, 5.74) is 2.46. The van der Waals surface area contributed by atoms with Crippen molar-refractivity contribution in [2.75, 3.05) is 27.3 Å². The number of aryl methyl sites for hydroxylation is 1. The lowest BCUT2D eigenvalue weighted by atomic mass is 9.90. The van der Waals surface area contributed by atoms with E-state index in [2.05, 4.69) is 0 Å².